The highest BCUT2D eigenvalue weighted by Crippen LogP contribution is 2.35. The molecule has 6 nitrogen and oxygen atoms in total. The van der Waals surface area contributed by atoms with Crippen LogP contribution in [0.3, 0.4) is 0 Å². The molecule has 0 radical (unpaired) electrons. The van der Waals surface area contributed by atoms with Gasteiger partial charge in [0.1, 0.15) is 11.3 Å². The lowest BCUT2D eigenvalue weighted by atomic mass is 9.88. The van der Waals surface area contributed by atoms with Gasteiger partial charge in [0.2, 0.25) is 0 Å². The van der Waals surface area contributed by atoms with E-state index in [0.29, 0.717) is 31.2 Å². The van der Waals surface area contributed by atoms with Crippen molar-refractivity contribution in [3.05, 3.63) is 35.5 Å². The Balaban J connectivity index is 1.83. The van der Waals surface area contributed by atoms with Gasteiger partial charge in [-0.15, -0.1) is 0 Å². The molecular weight excluding hydrogens is 344 g/mol. The van der Waals surface area contributed by atoms with Crippen LogP contribution in [0.1, 0.15) is 62.5 Å². The predicted molar refractivity (Wildman–Crippen MR) is 104 cm³/mol. The standard InChI is InChI=1S/C21H28N2O4/c1-5-23-17(19(24)25)13-15-7-6-8-16(18(15)23)14-9-11-22(12-10-14)20(26)27-21(2,3)4/h6-8,13-14H,5,9-12H2,1-4H3,(H,24,25). The molecule has 1 aromatic heterocycles. The zero-order valence-electron chi connectivity index (χ0n) is 16.5. The molecule has 1 N–H and O–H groups in total. The second-order valence-electron chi connectivity index (χ2n) is 8.11. The fourth-order valence-electron chi connectivity index (χ4n) is 3.89. The van der Waals surface area contributed by atoms with Crippen molar-refractivity contribution in [2.75, 3.05) is 13.1 Å². The van der Waals surface area contributed by atoms with E-state index in [9.17, 15) is 14.7 Å². The second kappa shape index (κ2) is 7.25. The highest BCUT2D eigenvalue weighted by Gasteiger charge is 2.29. The summed E-state index contributed by atoms with van der Waals surface area (Å²) in [7, 11) is 0. The number of aromatic carboxylic acids is 1. The van der Waals surface area contributed by atoms with Crippen LogP contribution in [0.2, 0.25) is 0 Å². The molecule has 27 heavy (non-hydrogen) atoms. The molecule has 2 heterocycles. The Morgan fingerprint density at radius 2 is 1.89 bits per heavy atom. The molecule has 0 atom stereocenters. The van der Waals surface area contributed by atoms with E-state index in [-0.39, 0.29) is 6.09 Å². The summed E-state index contributed by atoms with van der Waals surface area (Å²) in [5.74, 6) is -0.604. The van der Waals surface area contributed by atoms with Crippen LogP contribution in [0.25, 0.3) is 10.9 Å². The fourth-order valence-corrected chi connectivity index (χ4v) is 3.89. The lowest BCUT2D eigenvalue weighted by molar-refractivity contribution is 0.0205. The number of fused-ring (bicyclic) bond motifs is 1. The molecule has 2 aromatic rings. The summed E-state index contributed by atoms with van der Waals surface area (Å²) in [5, 5.41) is 10.5. The van der Waals surface area contributed by atoms with Gasteiger partial charge in [0.15, 0.2) is 0 Å². The van der Waals surface area contributed by atoms with Crippen molar-refractivity contribution in [2.24, 2.45) is 0 Å². The van der Waals surface area contributed by atoms with E-state index in [2.05, 4.69) is 6.07 Å². The topological polar surface area (TPSA) is 71.8 Å². The van der Waals surface area contributed by atoms with Crippen molar-refractivity contribution in [1.82, 2.24) is 9.47 Å². The molecule has 1 aliphatic rings. The van der Waals surface area contributed by atoms with E-state index >= 15 is 0 Å². The molecule has 1 amide bonds. The summed E-state index contributed by atoms with van der Waals surface area (Å²) in [5.41, 5.74) is 2.01. The number of carbonyl (C=O) groups is 2. The number of aryl methyl sites for hydroxylation is 1. The Kier molecular flexibility index (Phi) is 5.18. The summed E-state index contributed by atoms with van der Waals surface area (Å²) in [4.78, 5) is 25.6. The number of carbonyl (C=O) groups excluding carboxylic acids is 1. The number of rotatable bonds is 3. The maximum absolute atomic E-state index is 12.3. The minimum Gasteiger partial charge on any atom is -0.477 e. The average molecular weight is 372 g/mol. The minimum atomic E-state index is -0.904. The van der Waals surface area contributed by atoms with E-state index < -0.39 is 11.6 Å². The summed E-state index contributed by atoms with van der Waals surface area (Å²) >= 11 is 0. The molecule has 1 saturated heterocycles. The smallest absolute Gasteiger partial charge is 0.410 e. The Hall–Kier alpha value is -2.50. The van der Waals surface area contributed by atoms with Gasteiger partial charge in [-0.2, -0.15) is 0 Å². The van der Waals surface area contributed by atoms with Crippen molar-refractivity contribution in [2.45, 2.75) is 58.6 Å². The van der Waals surface area contributed by atoms with Crippen molar-refractivity contribution in [3.63, 3.8) is 0 Å². The number of hydrogen-bond donors (Lipinski definition) is 1. The van der Waals surface area contributed by atoms with Gasteiger partial charge in [0.05, 0.1) is 5.52 Å². The molecule has 1 aliphatic heterocycles. The number of nitrogens with zero attached hydrogens (tertiary/aromatic N) is 2. The predicted octanol–water partition coefficient (Wildman–Crippen LogP) is 4.47. The zero-order valence-corrected chi connectivity index (χ0v) is 16.5. The number of likely N-dealkylation sites (tertiary alicyclic amines) is 1. The summed E-state index contributed by atoms with van der Waals surface area (Å²) < 4.78 is 7.35. The summed E-state index contributed by atoms with van der Waals surface area (Å²) in [6, 6.07) is 7.80. The van der Waals surface area contributed by atoms with E-state index in [4.69, 9.17) is 4.74 Å². The third-order valence-electron chi connectivity index (χ3n) is 5.07. The number of amides is 1. The molecule has 146 valence electrons. The van der Waals surface area contributed by atoms with Gasteiger partial charge in [0.25, 0.3) is 0 Å². The summed E-state index contributed by atoms with van der Waals surface area (Å²) in [6.07, 6.45) is 1.43. The molecule has 0 aliphatic carbocycles. The molecule has 0 unspecified atom stereocenters. The monoisotopic (exact) mass is 372 g/mol. The van der Waals surface area contributed by atoms with E-state index in [1.807, 2.05) is 44.4 Å². The molecule has 6 heteroatoms. The highest BCUT2D eigenvalue weighted by atomic mass is 16.6. The third-order valence-corrected chi connectivity index (χ3v) is 5.07. The maximum Gasteiger partial charge on any atom is 0.410 e. The maximum atomic E-state index is 12.3. The van der Waals surface area contributed by atoms with Crippen LogP contribution in [-0.2, 0) is 11.3 Å². The molecule has 0 saturated carbocycles. The number of para-hydroxylation sites is 1. The van der Waals surface area contributed by atoms with Gasteiger partial charge < -0.3 is 19.3 Å². The first-order chi connectivity index (χ1) is 12.7. The zero-order chi connectivity index (χ0) is 19.8. The van der Waals surface area contributed by atoms with Crippen LogP contribution in [0.4, 0.5) is 4.79 Å². The van der Waals surface area contributed by atoms with Gasteiger partial charge in [0, 0.05) is 25.0 Å². The number of aromatic nitrogens is 1. The molecule has 0 bridgehead atoms. The van der Waals surface area contributed by atoms with E-state index in [0.717, 1.165) is 23.7 Å². The number of ether oxygens (including phenoxy) is 1. The minimum absolute atomic E-state index is 0.260. The van der Waals surface area contributed by atoms with Gasteiger partial charge >= 0.3 is 12.1 Å². The SMILES string of the molecule is CCn1c(C(=O)O)cc2cccc(C3CCN(C(=O)OC(C)(C)C)CC3)c21. The molecular formula is C21H28N2O4. The van der Waals surface area contributed by atoms with Crippen LogP contribution in [0.5, 0.6) is 0 Å². The summed E-state index contributed by atoms with van der Waals surface area (Å²) in [6.45, 7) is 9.49. The second-order valence-corrected chi connectivity index (χ2v) is 8.11. The van der Waals surface area contributed by atoms with Gasteiger partial charge in [-0.25, -0.2) is 9.59 Å². The van der Waals surface area contributed by atoms with Crippen LogP contribution < -0.4 is 0 Å². The lowest BCUT2D eigenvalue weighted by Gasteiger charge is -2.34. The Morgan fingerprint density at radius 1 is 1.22 bits per heavy atom. The average Bonchev–Trinajstić information content (AvgIpc) is 2.99. The van der Waals surface area contributed by atoms with Gasteiger partial charge in [-0.05, 0) is 58.1 Å². The quantitative estimate of drug-likeness (QED) is 0.863. The number of carboxylic acids is 1. The van der Waals surface area contributed by atoms with Crippen LogP contribution in [-0.4, -0.2) is 45.3 Å². The van der Waals surface area contributed by atoms with Crippen LogP contribution >= 0.6 is 0 Å². The number of piperidine rings is 1. The molecule has 0 spiro atoms. The molecule has 1 aromatic carbocycles. The first-order valence-electron chi connectivity index (χ1n) is 9.54. The van der Waals surface area contributed by atoms with Crippen molar-refractivity contribution >= 4 is 23.0 Å². The highest BCUT2D eigenvalue weighted by molar-refractivity contribution is 5.96. The fraction of sp³-hybridized carbons (Fsp3) is 0.524. The normalized spacial score (nSPS) is 15.9. The Labute approximate surface area is 159 Å². The number of carboxylic acid groups (broad SMARTS) is 1. The van der Waals surface area contributed by atoms with Crippen molar-refractivity contribution in [1.29, 1.82) is 0 Å². The largest absolute Gasteiger partial charge is 0.477 e. The third kappa shape index (κ3) is 3.94. The number of hydrogen-bond acceptors (Lipinski definition) is 3. The van der Waals surface area contributed by atoms with Crippen LogP contribution in [0, 0.1) is 0 Å². The number of benzene rings is 1. The Morgan fingerprint density at radius 3 is 2.44 bits per heavy atom. The van der Waals surface area contributed by atoms with E-state index in [1.54, 1.807) is 11.0 Å². The Bertz CT molecular complexity index is 855. The van der Waals surface area contributed by atoms with Crippen molar-refractivity contribution in [3.8, 4) is 0 Å². The first-order valence-corrected chi connectivity index (χ1v) is 9.54. The van der Waals surface area contributed by atoms with Gasteiger partial charge in [-0.3, -0.25) is 0 Å². The van der Waals surface area contributed by atoms with Crippen LogP contribution in [0.15, 0.2) is 24.3 Å². The lowest BCUT2D eigenvalue weighted by Crippen LogP contribution is -2.41. The van der Waals surface area contributed by atoms with Crippen molar-refractivity contribution < 1.29 is 19.4 Å². The first kappa shape index (κ1) is 19.3. The van der Waals surface area contributed by atoms with E-state index in [1.165, 1.54) is 5.56 Å². The van der Waals surface area contributed by atoms with Gasteiger partial charge in [-0.1, -0.05) is 18.2 Å². The molecule has 1 fully saturated rings. The molecule has 3 rings (SSSR count).